The normalized spacial score (nSPS) is 16.6. The lowest BCUT2D eigenvalue weighted by atomic mass is 9.96. The number of aryl methyl sites for hydroxylation is 2. The number of Topliss-reactive ketones (excluding diaryl/α,β-unsaturated/α-hetero) is 1. The lowest BCUT2D eigenvalue weighted by Gasteiger charge is -2.14. The third-order valence-electron chi connectivity index (χ3n) is 5.19. The maximum absolute atomic E-state index is 12.7. The second-order valence-electron chi connectivity index (χ2n) is 6.66. The lowest BCUT2D eigenvalue weighted by Crippen LogP contribution is -2.11. The molecule has 5 rings (SSSR count). The summed E-state index contributed by atoms with van der Waals surface area (Å²) in [6.45, 7) is 1.33. The molecular weight excluding hydrogens is 332 g/mol. The van der Waals surface area contributed by atoms with E-state index in [0.717, 1.165) is 47.2 Å². The van der Waals surface area contributed by atoms with Crippen LogP contribution >= 0.6 is 11.6 Å². The fourth-order valence-corrected chi connectivity index (χ4v) is 4.35. The Hall–Kier alpha value is -2.52. The predicted octanol–water partition coefficient (Wildman–Crippen LogP) is 4.28. The summed E-state index contributed by atoms with van der Waals surface area (Å²) in [4.78, 5) is 12.7. The van der Waals surface area contributed by atoms with Gasteiger partial charge in [0.15, 0.2) is 5.78 Å². The number of rotatable bonds is 2. The number of carbonyl (C=O) groups is 1. The maximum atomic E-state index is 12.7. The minimum Gasteiger partial charge on any atom is -0.376 e. The van der Waals surface area contributed by atoms with Gasteiger partial charge in [-0.1, -0.05) is 48.0 Å². The number of nitrogens with one attached hydrogen (secondary N) is 1. The molecule has 1 N–H and O–H groups in total. The Balaban J connectivity index is 1.81. The van der Waals surface area contributed by atoms with Crippen molar-refractivity contribution in [2.45, 2.75) is 19.4 Å². The average molecular weight is 349 g/mol. The minimum absolute atomic E-state index is 0.124. The van der Waals surface area contributed by atoms with Gasteiger partial charge in [-0.3, -0.25) is 4.79 Å². The maximum Gasteiger partial charge on any atom is 0.184 e. The predicted molar refractivity (Wildman–Crippen MR) is 102 cm³/mol. The van der Waals surface area contributed by atoms with Gasteiger partial charge in [0.1, 0.15) is 0 Å². The van der Waals surface area contributed by atoms with Crippen molar-refractivity contribution in [2.75, 3.05) is 6.54 Å². The van der Waals surface area contributed by atoms with Crippen LogP contribution in [0.3, 0.4) is 0 Å². The number of ketones is 1. The van der Waals surface area contributed by atoms with Gasteiger partial charge in [-0.25, -0.2) is 0 Å². The van der Waals surface area contributed by atoms with E-state index in [1.54, 1.807) is 0 Å². The minimum atomic E-state index is 0.124. The number of aromatic nitrogens is 1. The van der Waals surface area contributed by atoms with Crippen LogP contribution in [0.1, 0.15) is 23.1 Å². The van der Waals surface area contributed by atoms with Gasteiger partial charge in [-0.15, -0.1) is 0 Å². The first-order chi connectivity index (χ1) is 12.2. The third-order valence-corrected chi connectivity index (χ3v) is 5.52. The van der Waals surface area contributed by atoms with E-state index >= 15 is 0 Å². The molecule has 3 heterocycles. The molecule has 0 aliphatic carbocycles. The molecule has 3 nitrogen and oxygen atoms in total. The fraction of sp³-hybridized carbons (Fsp3) is 0.190. The molecular formula is C21H17ClN2O. The van der Waals surface area contributed by atoms with Gasteiger partial charge in [0.05, 0.1) is 23.3 Å². The number of para-hydroxylation sites is 1. The van der Waals surface area contributed by atoms with Gasteiger partial charge >= 0.3 is 0 Å². The van der Waals surface area contributed by atoms with Crippen molar-refractivity contribution in [3.8, 4) is 0 Å². The monoisotopic (exact) mass is 348 g/mol. The standard InChI is InChI=1S/C21H17ClN2O/c22-17-9-2-1-7-15(17)20-19(18(25)11-23-20)16-12-24-10-4-6-13-5-3-8-14(16)21(13)24/h1-3,5,7-9,12,23H,4,6,10-11H2. The summed E-state index contributed by atoms with van der Waals surface area (Å²) in [6, 6.07) is 14.1. The highest BCUT2D eigenvalue weighted by atomic mass is 35.5. The molecule has 4 heteroatoms. The van der Waals surface area contributed by atoms with E-state index in [-0.39, 0.29) is 5.78 Å². The van der Waals surface area contributed by atoms with Crippen LogP contribution in [-0.2, 0) is 17.8 Å². The molecule has 25 heavy (non-hydrogen) atoms. The quantitative estimate of drug-likeness (QED) is 0.750. The van der Waals surface area contributed by atoms with Crippen LogP contribution in [0, 0.1) is 0 Å². The lowest BCUT2D eigenvalue weighted by molar-refractivity contribution is -0.112. The molecule has 1 aromatic heterocycles. The van der Waals surface area contributed by atoms with E-state index < -0.39 is 0 Å². The van der Waals surface area contributed by atoms with Crippen molar-refractivity contribution in [1.82, 2.24) is 9.88 Å². The molecule has 0 amide bonds. The number of halogens is 1. The first kappa shape index (κ1) is 14.8. The number of hydrogen-bond acceptors (Lipinski definition) is 2. The summed E-state index contributed by atoms with van der Waals surface area (Å²) in [5.74, 6) is 0.124. The SMILES string of the molecule is O=C1CNC(c2ccccc2Cl)=C1c1cn2c3c(cccc13)CCC2. The molecule has 2 aliphatic heterocycles. The largest absolute Gasteiger partial charge is 0.376 e. The van der Waals surface area contributed by atoms with E-state index in [9.17, 15) is 4.79 Å². The van der Waals surface area contributed by atoms with E-state index in [2.05, 4.69) is 34.3 Å². The van der Waals surface area contributed by atoms with Crippen molar-refractivity contribution in [3.63, 3.8) is 0 Å². The topological polar surface area (TPSA) is 34.0 Å². The molecule has 0 radical (unpaired) electrons. The van der Waals surface area contributed by atoms with E-state index in [1.165, 1.54) is 11.1 Å². The molecule has 0 fully saturated rings. The molecule has 0 saturated heterocycles. The number of hydrogen-bond donors (Lipinski definition) is 1. The molecule has 0 saturated carbocycles. The summed E-state index contributed by atoms with van der Waals surface area (Å²) in [6.07, 6.45) is 4.39. The zero-order valence-electron chi connectivity index (χ0n) is 13.7. The summed E-state index contributed by atoms with van der Waals surface area (Å²) >= 11 is 6.40. The number of nitrogens with zero attached hydrogens (tertiary/aromatic N) is 1. The van der Waals surface area contributed by atoms with Crippen LogP contribution in [0.25, 0.3) is 22.2 Å². The van der Waals surface area contributed by atoms with Crippen LogP contribution in [0.4, 0.5) is 0 Å². The number of benzene rings is 2. The molecule has 124 valence electrons. The van der Waals surface area contributed by atoms with Gasteiger partial charge < -0.3 is 9.88 Å². The zero-order valence-corrected chi connectivity index (χ0v) is 14.4. The molecule has 0 atom stereocenters. The summed E-state index contributed by atoms with van der Waals surface area (Å²) in [5, 5.41) is 5.09. The molecule has 2 aromatic carbocycles. The van der Waals surface area contributed by atoms with Gasteiger partial charge in [0.25, 0.3) is 0 Å². The average Bonchev–Trinajstić information content (AvgIpc) is 3.18. The van der Waals surface area contributed by atoms with Crippen LogP contribution < -0.4 is 5.32 Å². The fourth-order valence-electron chi connectivity index (χ4n) is 4.12. The van der Waals surface area contributed by atoms with Gasteiger partial charge in [0.2, 0.25) is 0 Å². The molecule has 3 aromatic rings. The zero-order chi connectivity index (χ0) is 17.0. The molecule has 0 unspecified atom stereocenters. The highest BCUT2D eigenvalue weighted by Crippen LogP contribution is 2.38. The van der Waals surface area contributed by atoms with Crippen LogP contribution in [0.5, 0.6) is 0 Å². The van der Waals surface area contributed by atoms with Crippen molar-refractivity contribution < 1.29 is 4.79 Å². The van der Waals surface area contributed by atoms with Crippen molar-refractivity contribution in [3.05, 3.63) is 70.4 Å². The molecule has 0 spiro atoms. The Morgan fingerprint density at radius 3 is 2.80 bits per heavy atom. The van der Waals surface area contributed by atoms with E-state index in [0.29, 0.717) is 11.6 Å². The first-order valence-electron chi connectivity index (χ1n) is 8.61. The molecule has 0 bridgehead atoms. The second kappa shape index (κ2) is 5.50. The van der Waals surface area contributed by atoms with Gasteiger partial charge in [0, 0.05) is 34.3 Å². The van der Waals surface area contributed by atoms with Gasteiger partial charge in [-0.2, -0.15) is 0 Å². The van der Waals surface area contributed by atoms with Crippen molar-refractivity contribution in [1.29, 1.82) is 0 Å². The highest BCUT2D eigenvalue weighted by molar-refractivity contribution is 6.37. The van der Waals surface area contributed by atoms with Crippen molar-refractivity contribution in [2.24, 2.45) is 0 Å². The Labute approximate surface area is 150 Å². The smallest absolute Gasteiger partial charge is 0.184 e. The van der Waals surface area contributed by atoms with Crippen LogP contribution in [-0.4, -0.2) is 16.9 Å². The second-order valence-corrected chi connectivity index (χ2v) is 7.07. The van der Waals surface area contributed by atoms with E-state index in [1.807, 2.05) is 24.3 Å². The number of carbonyl (C=O) groups excluding carboxylic acids is 1. The Bertz CT molecular complexity index is 1060. The first-order valence-corrected chi connectivity index (χ1v) is 8.99. The van der Waals surface area contributed by atoms with Crippen molar-refractivity contribution >= 4 is 39.6 Å². The highest BCUT2D eigenvalue weighted by Gasteiger charge is 2.29. The van der Waals surface area contributed by atoms with Crippen LogP contribution in [0.15, 0.2) is 48.7 Å². The third kappa shape index (κ3) is 2.16. The Morgan fingerprint density at radius 1 is 1.04 bits per heavy atom. The Morgan fingerprint density at radius 2 is 1.92 bits per heavy atom. The van der Waals surface area contributed by atoms with E-state index in [4.69, 9.17) is 11.6 Å². The van der Waals surface area contributed by atoms with Crippen LogP contribution in [0.2, 0.25) is 5.02 Å². The summed E-state index contributed by atoms with van der Waals surface area (Å²) < 4.78 is 2.30. The molecule has 2 aliphatic rings. The summed E-state index contributed by atoms with van der Waals surface area (Å²) in [7, 11) is 0. The summed E-state index contributed by atoms with van der Waals surface area (Å²) in [5.41, 5.74) is 6.15. The Kier molecular flexibility index (Phi) is 3.25. The van der Waals surface area contributed by atoms with Gasteiger partial charge in [-0.05, 0) is 24.5 Å².